The molecule has 3 aromatic carbocycles. The molecule has 0 saturated heterocycles. The Morgan fingerprint density at radius 2 is 1.85 bits per heavy atom. The van der Waals surface area contributed by atoms with E-state index >= 15 is 0 Å². The minimum atomic E-state index is 0. The van der Waals surface area contributed by atoms with E-state index in [1.807, 2.05) is 36.4 Å². The van der Waals surface area contributed by atoms with Crippen LogP contribution < -0.4 is 10.5 Å². The topological polar surface area (TPSA) is 59.0 Å². The van der Waals surface area contributed by atoms with Gasteiger partial charge in [0.15, 0.2) is 0 Å². The van der Waals surface area contributed by atoms with Gasteiger partial charge in [0.25, 0.3) is 0 Å². The van der Waals surface area contributed by atoms with Crippen LogP contribution >= 0.6 is 12.4 Å². The van der Waals surface area contributed by atoms with Gasteiger partial charge in [-0.1, -0.05) is 24.3 Å². The van der Waals surface area contributed by atoms with Crippen molar-refractivity contribution in [3.05, 3.63) is 76.9 Å². The highest BCUT2D eigenvalue weighted by Gasteiger charge is 2.17. The molecule has 0 amide bonds. The highest BCUT2D eigenvalue weighted by Crippen LogP contribution is 2.31. The van der Waals surface area contributed by atoms with Crippen molar-refractivity contribution in [2.24, 2.45) is 5.73 Å². The second-order valence-corrected chi connectivity index (χ2v) is 6.66. The number of ether oxygens (including phenoxy) is 1. The van der Waals surface area contributed by atoms with Crippen LogP contribution in [0.1, 0.15) is 41.1 Å². The van der Waals surface area contributed by atoms with Gasteiger partial charge in [-0.25, -0.2) is 0 Å². The van der Waals surface area contributed by atoms with Gasteiger partial charge in [0.2, 0.25) is 0 Å². The van der Waals surface area contributed by atoms with Gasteiger partial charge in [0.1, 0.15) is 12.4 Å². The molecule has 2 N–H and O–H groups in total. The Labute approximate surface area is 159 Å². The summed E-state index contributed by atoms with van der Waals surface area (Å²) in [5.74, 6) is 0.871. The summed E-state index contributed by atoms with van der Waals surface area (Å²) < 4.78 is 5.99. The van der Waals surface area contributed by atoms with Crippen molar-refractivity contribution >= 4 is 23.2 Å². The van der Waals surface area contributed by atoms with E-state index in [9.17, 15) is 0 Å². The average molecular weight is 365 g/mol. The maximum atomic E-state index is 8.99. The predicted molar refractivity (Wildman–Crippen MR) is 107 cm³/mol. The molecule has 0 spiro atoms. The third kappa shape index (κ3) is 3.67. The first-order valence-corrected chi connectivity index (χ1v) is 8.67. The lowest BCUT2D eigenvalue weighted by molar-refractivity contribution is 0.305. The molecule has 0 saturated carbocycles. The molecule has 26 heavy (non-hydrogen) atoms. The molecule has 0 fully saturated rings. The maximum absolute atomic E-state index is 8.99. The van der Waals surface area contributed by atoms with E-state index in [2.05, 4.69) is 24.3 Å². The van der Waals surface area contributed by atoms with Gasteiger partial charge in [-0.15, -0.1) is 12.4 Å². The normalized spacial score (nSPS) is 15.6. The molecule has 1 aliphatic rings. The number of halogens is 1. The average Bonchev–Trinajstić information content (AvgIpc) is 2.66. The van der Waals surface area contributed by atoms with E-state index in [-0.39, 0.29) is 18.4 Å². The van der Waals surface area contributed by atoms with E-state index in [0.29, 0.717) is 12.2 Å². The second-order valence-electron chi connectivity index (χ2n) is 6.66. The summed E-state index contributed by atoms with van der Waals surface area (Å²) in [4.78, 5) is 0. The van der Waals surface area contributed by atoms with Crippen LogP contribution in [0.15, 0.2) is 54.6 Å². The van der Waals surface area contributed by atoms with Gasteiger partial charge >= 0.3 is 0 Å². The molecule has 132 valence electrons. The van der Waals surface area contributed by atoms with E-state index in [1.54, 1.807) is 0 Å². The number of nitrogens with two attached hydrogens (primary N) is 1. The fourth-order valence-corrected chi connectivity index (χ4v) is 3.52. The number of aryl methyl sites for hydroxylation is 1. The van der Waals surface area contributed by atoms with Crippen molar-refractivity contribution in [2.75, 3.05) is 0 Å². The summed E-state index contributed by atoms with van der Waals surface area (Å²) in [6.07, 6.45) is 3.32. The Morgan fingerprint density at radius 1 is 1.04 bits per heavy atom. The number of fused-ring (bicyclic) bond motifs is 2. The molecule has 0 aliphatic heterocycles. The molecule has 4 rings (SSSR count). The molecule has 3 aromatic rings. The van der Waals surface area contributed by atoms with Crippen molar-refractivity contribution in [1.29, 1.82) is 5.26 Å². The van der Waals surface area contributed by atoms with Crippen molar-refractivity contribution < 1.29 is 4.74 Å². The number of nitrogens with zero attached hydrogens (tertiary/aromatic N) is 1. The molecule has 3 nitrogen and oxygen atoms in total. The SMILES string of the molecule is Cl.N#Cc1ccc2cc(COc3ccc4c(c3)C(N)CCC4)ccc2c1. The summed E-state index contributed by atoms with van der Waals surface area (Å²) in [5, 5.41) is 11.2. The van der Waals surface area contributed by atoms with Crippen LogP contribution in [0, 0.1) is 11.3 Å². The van der Waals surface area contributed by atoms with Crippen molar-refractivity contribution in [1.82, 2.24) is 0 Å². The minimum Gasteiger partial charge on any atom is -0.489 e. The number of nitriles is 1. The van der Waals surface area contributed by atoms with Crippen LogP contribution in [0.4, 0.5) is 0 Å². The highest BCUT2D eigenvalue weighted by molar-refractivity contribution is 5.85. The first kappa shape index (κ1) is 18.3. The Bertz CT molecular complexity index is 978. The minimum absolute atomic E-state index is 0. The van der Waals surface area contributed by atoms with E-state index in [4.69, 9.17) is 15.7 Å². The van der Waals surface area contributed by atoms with Crippen LogP contribution in [0.3, 0.4) is 0 Å². The summed E-state index contributed by atoms with van der Waals surface area (Å²) in [7, 11) is 0. The van der Waals surface area contributed by atoms with E-state index in [1.165, 1.54) is 17.5 Å². The second kappa shape index (κ2) is 7.78. The molecular weight excluding hydrogens is 344 g/mol. The maximum Gasteiger partial charge on any atom is 0.120 e. The lowest BCUT2D eigenvalue weighted by Gasteiger charge is -2.22. The van der Waals surface area contributed by atoms with Gasteiger partial charge in [0, 0.05) is 6.04 Å². The van der Waals surface area contributed by atoms with Gasteiger partial charge < -0.3 is 10.5 Å². The molecule has 0 aromatic heterocycles. The molecule has 0 heterocycles. The fraction of sp³-hybridized carbons (Fsp3) is 0.227. The Morgan fingerprint density at radius 3 is 2.69 bits per heavy atom. The van der Waals surface area contributed by atoms with Crippen LogP contribution in [-0.2, 0) is 13.0 Å². The lowest BCUT2D eigenvalue weighted by atomic mass is 9.88. The molecule has 0 bridgehead atoms. The fourth-order valence-electron chi connectivity index (χ4n) is 3.52. The zero-order valence-electron chi connectivity index (χ0n) is 14.4. The summed E-state index contributed by atoms with van der Waals surface area (Å²) in [6.45, 7) is 0.518. The van der Waals surface area contributed by atoms with E-state index < -0.39 is 0 Å². The summed E-state index contributed by atoms with van der Waals surface area (Å²) in [5.41, 5.74) is 10.6. The van der Waals surface area contributed by atoms with Gasteiger partial charge in [-0.2, -0.15) is 5.26 Å². The zero-order chi connectivity index (χ0) is 17.2. The number of hydrogen-bond acceptors (Lipinski definition) is 3. The Balaban J connectivity index is 0.00000196. The molecule has 1 aliphatic carbocycles. The Kier molecular flexibility index (Phi) is 5.46. The third-order valence-electron chi connectivity index (χ3n) is 4.92. The van der Waals surface area contributed by atoms with Crippen LogP contribution in [0.25, 0.3) is 10.8 Å². The smallest absolute Gasteiger partial charge is 0.120 e. The van der Waals surface area contributed by atoms with Gasteiger partial charge in [-0.3, -0.25) is 0 Å². The molecule has 0 radical (unpaired) electrons. The van der Waals surface area contributed by atoms with Crippen LogP contribution in [-0.4, -0.2) is 0 Å². The van der Waals surface area contributed by atoms with Gasteiger partial charge in [-0.05, 0) is 77.1 Å². The molecule has 1 unspecified atom stereocenters. The quantitative estimate of drug-likeness (QED) is 0.707. The zero-order valence-corrected chi connectivity index (χ0v) is 15.3. The molecule has 4 heteroatoms. The number of hydrogen-bond donors (Lipinski definition) is 1. The third-order valence-corrected chi connectivity index (χ3v) is 4.92. The monoisotopic (exact) mass is 364 g/mol. The van der Waals surface area contributed by atoms with Crippen molar-refractivity contribution in [3.63, 3.8) is 0 Å². The number of benzene rings is 3. The van der Waals surface area contributed by atoms with E-state index in [0.717, 1.165) is 34.9 Å². The largest absolute Gasteiger partial charge is 0.489 e. The summed E-state index contributed by atoms with van der Waals surface area (Å²) in [6, 6.07) is 20.5. The molecular formula is C22H21ClN2O. The predicted octanol–water partition coefficient (Wildman–Crippen LogP) is 5.05. The van der Waals surface area contributed by atoms with Crippen molar-refractivity contribution in [3.8, 4) is 11.8 Å². The first-order chi connectivity index (χ1) is 12.2. The van der Waals surface area contributed by atoms with Gasteiger partial charge in [0.05, 0.1) is 11.6 Å². The number of rotatable bonds is 3. The van der Waals surface area contributed by atoms with Crippen molar-refractivity contribution in [2.45, 2.75) is 31.9 Å². The van der Waals surface area contributed by atoms with Crippen LogP contribution in [0.5, 0.6) is 5.75 Å². The standard InChI is InChI=1S/C22H20N2O.ClH/c23-13-15-4-6-19-11-16(5-7-18(19)10-15)14-25-20-9-8-17-2-1-3-22(24)21(17)12-20;/h4-12,22H,1-3,14,24H2;1H. The Hall–Kier alpha value is -2.54. The molecule has 1 atom stereocenters. The van der Waals surface area contributed by atoms with Crippen LogP contribution in [0.2, 0.25) is 0 Å². The highest BCUT2D eigenvalue weighted by atomic mass is 35.5. The lowest BCUT2D eigenvalue weighted by Crippen LogP contribution is -2.17. The summed E-state index contributed by atoms with van der Waals surface area (Å²) >= 11 is 0. The first-order valence-electron chi connectivity index (χ1n) is 8.67.